The van der Waals surface area contributed by atoms with Crippen LogP contribution in [0.1, 0.15) is 42.6 Å². The third kappa shape index (κ3) is 4.03. The predicted molar refractivity (Wildman–Crippen MR) is 63.5 cm³/mol. The van der Waals surface area contributed by atoms with E-state index in [-0.39, 0.29) is 0 Å². The van der Waals surface area contributed by atoms with Gasteiger partial charge in [0.2, 0.25) is 0 Å². The fourth-order valence-electron chi connectivity index (χ4n) is 1.60. The van der Waals surface area contributed by atoms with Gasteiger partial charge in [0.15, 0.2) is 0 Å². The summed E-state index contributed by atoms with van der Waals surface area (Å²) in [7, 11) is 0. The second-order valence-corrected chi connectivity index (χ2v) is 4.42. The molecule has 0 aliphatic heterocycles. The van der Waals surface area contributed by atoms with Crippen molar-refractivity contribution in [3.05, 3.63) is 35.4 Å². The second-order valence-electron chi connectivity index (χ2n) is 4.42. The van der Waals surface area contributed by atoms with E-state index in [2.05, 4.69) is 13.8 Å². The van der Waals surface area contributed by atoms with Crippen LogP contribution in [-0.2, 0) is 6.42 Å². The molecule has 0 saturated carbocycles. The van der Waals surface area contributed by atoms with Gasteiger partial charge in [0.1, 0.15) is 0 Å². The zero-order valence-corrected chi connectivity index (χ0v) is 9.86. The Kier molecular flexibility index (Phi) is 4.99. The summed E-state index contributed by atoms with van der Waals surface area (Å²) in [6.07, 6.45) is 3.43. The molecule has 1 amide bonds. The lowest BCUT2D eigenvalue weighted by atomic mass is 10.0. The molecule has 16 heavy (non-hydrogen) atoms. The molecule has 0 aromatic heterocycles. The highest BCUT2D eigenvalue weighted by Gasteiger charge is 2.03. The van der Waals surface area contributed by atoms with Crippen LogP contribution in [0.25, 0.3) is 0 Å². The zero-order valence-electron chi connectivity index (χ0n) is 9.86. The van der Waals surface area contributed by atoms with E-state index in [1.807, 2.05) is 12.1 Å². The molecule has 3 heteroatoms. The number of benzene rings is 1. The van der Waals surface area contributed by atoms with E-state index < -0.39 is 5.91 Å². The van der Waals surface area contributed by atoms with E-state index in [0.29, 0.717) is 5.56 Å². The molecule has 1 aromatic carbocycles. The molecule has 2 N–H and O–H groups in total. The number of rotatable bonds is 5. The van der Waals surface area contributed by atoms with Gasteiger partial charge in [-0.3, -0.25) is 10.0 Å². The first-order valence-electron chi connectivity index (χ1n) is 5.67. The normalized spacial score (nSPS) is 10.5. The SMILES string of the molecule is CC(C)CCCc1ccc(C(=O)NO)cc1. The van der Waals surface area contributed by atoms with Crippen molar-refractivity contribution in [3.8, 4) is 0 Å². The van der Waals surface area contributed by atoms with Gasteiger partial charge in [0.05, 0.1) is 0 Å². The Morgan fingerprint density at radius 1 is 1.31 bits per heavy atom. The van der Waals surface area contributed by atoms with Crippen LogP contribution in [0.15, 0.2) is 24.3 Å². The lowest BCUT2D eigenvalue weighted by Crippen LogP contribution is -2.18. The first-order chi connectivity index (χ1) is 7.63. The molecule has 0 saturated heterocycles. The van der Waals surface area contributed by atoms with Crippen LogP contribution in [0.4, 0.5) is 0 Å². The molecule has 0 unspecified atom stereocenters. The summed E-state index contributed by atoms with van der Waals surface area (Å²) >= 11 is 0. The average Bonchev–Trinajstić information content (AvgIpc) is 2.28. The van der Waals surface area contributed by atoms with Crippen LogP contribution in [0, 0.1) is 5.92 Å². The summed E-state index contributed by atoms with van der Waals surface area (Å²) in [5.74, 6) is 0.271. The molecular formula is C13H19NO2. The van der Waals surface area contributed by atoms with Crippen LogP contribution in [0.5, 0.6) is 0 Å². The van der Waals surface area contributed by atoms with Gasteiger partial charge < -0.3 is 0 Å². The highest BCUT2D eigenvalue weighted by Crippen LogP contribution is 2.11. The van der Waals surface area contributed by atoms with Gasteiger partial charge in [-0.15, -0.1) is 0 Å². The Morgan fingerprint density at radius 3 is 2.44 bits per heavy atom. The van der Waals surface area contributed by atoms with Gasteiger partial charge in [-0.05, 0) is 36.5 Å². The summed E-state index contributed by atoms with van der Waals surface area (Å²) in [5, 5.41) is 8.46. The average molecular weight is 221 g/mol. The van der Waals surface area contributed by atoms with Crippen LogP contribution in [0.3, 0.4) is 0 Å². The number of carbonyl (C=O) groups excluding carboxylic acids is 1. The van der Waals surface area contributed by atoms with Crippen LogP contribution in [-0.4, -0.2) is 11.1 Å². The van der Waals surface area contributed by atoms with Gasteiger partial charge >= 0.3 is 0 Å². The summed E-state index contributed by atoms with van der Waals surface area (Å²) in [4.78, 5) is 11.1. The van der Waals surface area contributed by atoms with Gasteiger partial charge in [-0.2, -0.15) is 0 Å². The van der Waals surface area contributed by atoms with Gasteiger partial charge in [0.25, 0.3) is 5.91 Å². The highest BCUT2D eigenvalue weighted by atomic mass is 16.5. The second kappa shape index (κ2) is 6.28. The quantitative estimate of drug-likeness (QED) is 0.593. The minimum atomic E-state index is -0.464. The summed E-state index contributed by atoms with van der Waals surface area (Å²) in [5.41, 5.74) is 3.33. The van der Waals surface area contributed by atoms with Crippen molar-refractivity contribution in [2.75, 3.05) is 0 Å². The number of nitrogens with one attached hydrogen (secondary N) is 1. The molecule has 1 rings (SSSR count). The third-order valence-corrected chi connectivity index (χ3v) is 2.56. The largest absolute Gasteiger partial charge is 0.288 e. The Hall–Kier alpha value is -1.35. The van der Waals surface area contributed by atoms with Crippen molar-refractivity contribution in [2.45, 2.75) is 33.1 Å². The number of amides is 1. The first kappa shape index (κ1) is 12.7. The summed E-state index contributed by atoms with van der Waals surface area (Å²) in [6, 6.07) is 7.34. The molecule has 0 bridgehead atoms. The number of hydrogen-bond donors (Lipinski definition) is 2. The number of aryl methyl sites for hydroxylation is 1. The van der Waals surface area contributed by atoms with Crippen molar-refractivity contribution in [1.29, 1.82) is 0 Å². The minimum absolute atomic E-state index is 0.464. The van der Waals surface area contributed by atoms with Crippen molar-refractivity contribution in [1.82, 2.24) is 5.48 Å². The number of carbonyl (C=O) groups is 1. The molecule has 0 spiro atoms. The highest BCUT2D eigenvalue weighted by molar-refractivity contribution is 5.93. The van der Waals surface area contributed by atoms with E-state index in [9.17, 15) is 4.79 Å². The van der Waals surface area contributed by atoms with Gasteiger partial charge in [-0.1, -0.05) is 32.4 Å². The molecule has 1 aromatic rings. The Labute approximate surface area is 96.4 Å². The van der Waals surface area contributed by atoms with Gasteiger partial charge in [-0.25, -0.2) is 5.48 Å². The van der Waals surface area contributed by atoms with E-state index in [1.54, 1.807) is 17.6 Å². The first-order valence-corrected chi connectivity index (χ1v) is 5.67. The van der Waals surface area contributed by atoms with E-state index in [1.165, 1.54) is 18.4 Å². The van der Waals surface area contributed by atoms with Gasteiger partial charge in [0, 0.05) is 5.56 Å². The fourth-order valence-corrected chi connectivity index (χ4v) is 1.60. The smallest absolute Gasteiger partial charge is 0.274 e. The standard InChI is InChI=1S/C13H19NO2/c1-10(2)4-3-5-11-6-8-12(9-7-11)13(15)14-16/h6-10,16H,3-5H2,1-2H3,(H,14,15). The van der Waals surface area contributed by atoms with E-state index >= 15 is 0 Å². The topological polar surface area (TPSA) is 49.3 Å². The summed E-state index contributed by atoms with van der Waals surface area (Å²) in [6.45, 7) is 4.43. The maximum absolute atomic E-state index is 11.1. The Bertz CT molecular complexity index is 330. The Balaban J connectivity index is 2.48. The van der Waals surface area contributed by atoms with Crippen molar-refractivity contribution in [3.63, 3.8) is 0 Å². The molecule has 0 atom stereocenters. The lowest BCUT2D eigenvalue weighted by Gasteiger charge is -2.05. The van der Waals surface area contributed by atoms with Crippen molar-refractivity contribution < 1.29 is 10.0 Å². The Morgan fingerprint density at radius 2 is 1.94 bits per heavy atom. The molecular weight excluding hydrogens is 202 g/mol. The van der Waals surface area contributed by atoms with Crippen LogP contribution < -0.4 is 5.48 Å². The monoisotopic (exact) mass is 221 g/mol. The van der Waals surface area contributed by atoms with Crippen molar-refractivity contribution in [2.24, 2.45) is 5.92 Å². The van der Waals surface area contributed by atoms with E-state index in [0.717, 1.165) is 12.3 Å². The van der Waals surface area contributed by atoms with E-state index in [4.69, 9.17) is 5.21 Å². The minimum Gasteiger partial charge on any atom is -0.288 e. The number of hydrogen-bond acceptors (Lipinski definition) is 2. The molecule has 0 fully saturated rings. The molecule has 0 radical (unpaired) electrons. The maximum Gasteiger partial charge on any atom is 0.274 e. The predicted octanol–water partition coefficient (Wildman–Crippen LogP) is 2.78. The molecule has 0 heterocycles. The zero-order chi connectivity index (χ0) is 12.0. The lowest BCUT2D eigenvalue weighted by molar-refractivity contribution is 0.0706. The van der Waals surface area contributed by atoms with Crippen molar-refractivity contribution >= 4 is 5.91 Å². The summed E-state index contributed by atoms with van der Waals surface area (Å²) < 4.78 is 0. The van der Waals surface area contributed by atoms with Crippen LogP contribution >= 0.6 is 0 Å². The van der Waals surface area contributed by atoms with Crippen LogP contribution in [0.2, 0.25) is 0 Å². The third-order valence-electron chi connectivity index (χ3n) is 2.56. The fraction of sp³-hybridized carbons (Fsp3) is 0.462. The molecule has 0 aliphatic rings. The number of hydroxylamine groups is 1. The maximum atomic E-state index is 11.1. The molecule has 0 aliphatic carbocycles. The molecule has 3 nitrogen and oxygen atoms in total. The molecule has 88 valence electrons.